The molecule has 3 aromatic rings. The van der Waals surface area contributed by atoms with Crippen LogP contribution in [0.1, 0.15) is 22.8 Å². The molecular formula is C20H19ClN4O2S. The molecular weight excluding hydrogens is 396 g/mol. The maximum atomic E-state index is 11.7. The predicted octanol–water partition coefficient (Wildman–Crippen LogP) is 4.57. The topological polar surface area (TPSA) is 68.2 Å². The van der Waals surface area contributed by atoms with Gasteiger partial charge >= 0.3 is 5.97 Å². The van der Waals surface area contributed by atoms with Crippen LogP contribution in [0.15, 0.2) is 60.8 Å². The lowest BCUT2D eigenvalue weighted by atomic mass is 10.2. The number of aromatic nitrogens is 2. The van der Waals surface area contributed by atoms with Crippen molar-refractivity contribution in [3.05, 3.63) is 76.9 Å². The first-order valence-electron chi connectivity index (χ1n) is 8.67. The standard InChI is InChI=1S/C20H19ClN4O2S/c1-2-27-19(26)15-8-10-16(11-9-15)22-20(28)23-18-17(21)13-25(24-18)12-14-6-4-3-5-7-14/h3-11,13H,2,12H2,1H3,(H2,22,23,24,28). The third kappa shape index (κ3) is 5.31. The number of anilines is 2. The van der Waals surface area contributed by atoms with Gasteiger partial charge in [0.1, 0.15) is 5.02 Å². The first-order chi connectivity index (χ1) is 13.5. The average molecular weight is 415 g/mol. The van der Waals surface area contributed by atoms with Crippen LogP contribution < -0.4 is 10.6 Å². The van der Waals surface area contributed by atoms with Crippen LogP contribution in [0.4, 0.5) is 11.5 Å². The van der Waals surface area contributed by atoms with Crippen molar-refractivity contribution in [3.8, 4) is 0 Å². The summed E-state index contributed by atoms with van der Waals surface area (Å²) in [6.45, 7) is 2.71. The maximum Gasteiger partial charge on any atom is 0.338 e. The second-order valence-corrected chi connectivity index (χ2v) is 6.70. The van der Waals surface area contributed by atoms with Crippen molar-refractivity contribution in [2.45, 2.75) is 13.5 Å². The zero-order valence-electron chi connectivity index (χ0n) is 15.2. The molecule has 2 N–H and O–H groups in total. The predicted molar refractivity (Wildman–Crippen MR) is 115 cm³/mol. The number of nitrogens with one attached hydrogen (secondary N) is 2. The monoisotopic (exact) mass is 414 g/mol. The van der Waals surface area contributed by atoms with Crippen molar-refractivity contribution in [2.75, 3.05) is 17.2 Å². The molecule has 0 fully saturated rings. The van der Waals surface area contributed by atoms with Gasteiger partial charge in [-0.2, -0.15) is 5.10 Å². The Morgan fingerprint density at radius 2 is 1.86 bits per heavy atom. The van der Waals surface area contributed by atoms with Crippen molar-refractivity contribution >= 4 is 46.4 Å². The summed E-state index contributed by atoms with van der Waals surface area (Å²) in [7, 11) is 0. The molecule has 6 nitrogen and oxygen atoms in total. The van der Waals surface area contributed by atoms with Gasteiger partial charge < -0.3 is 15.4 Å². The number of hydrogen-bond donors (Lipinski definition) is 2. The summed E-state index contributed by atoms with van der Waals surface area (Å²) in [6, 6.07) is 16.8. The van der Waals surface area contributed by atoms with E-state index in [1.807, 2.05) is 30.3 Å². The Bertz CT molecular complexity index is 958. The molecule has 28 heavy (non-hydrogen) atoms. The Morgan fingerprint density at radius 1 is 1.14 bits per heavy atom. The van der Waals surface area contributed by atoms with E-state index >= 15 is 0 Å². The highest BCUT2D eigenvalue weighted by Crippen LogP contribution is 2.20. The second kappa shape index (κ2) is 9.34. The van der Waals surface area contributed by atoms with Crippen LogP contribution in [0, 0.1) is 0 Å². The van der Waals surface area contributed by atoms with E-state index < -0.39 is 0 Å². The van der Waals surface area contributed by atoms with Crippen LogP contribution >= 0.6 is 23.8 Å². The van der Waals surface area contributed by atoms with Gasteiger partial charge in [0.15, 0.2) is 10.9 Å². The molecule has 3 rings (SSSR count). The summed E-state index contributed by atoms with van der Waals surface area (Å²) >= 11 is 11.6. The third-order valence-electron chi connectivity index (χ3n) is 3.79. The van der Waals surface area contributed by atoms with Crippen LogP contribution in [0.2, 0.25) is 5.02 Å². The van der Waals surface area contributed by atoms with E-state index in [1.165, 1.54) is 0 Å². The Labute approximate surface area is 173 Å². The number of halogens is 1. The smallest absolute Gasteiger partial charge is 0.338 e. The Hall–Kier alpha value is -2.90. The van der Waals surface area contributed by atoms with Crippen LogP contribution in [0.5, 0.6) is 0 Å². The number of carbonyl (C=O) groups is 1. The van der Waals surface area contributed by atoms with Gasteiger partial charge in [0.25, 0.3) is 0 Å². The van der Waals surface area contributed by atoms with Crippen molar-refractivity contribution in [1.82, 2.24) is 9.78 Å². The number of hydrogen-bond acceptors (Lipinski definition) is 4. The van der Waals surface area contributed by atoms with Crippen LogP contribution in [0.25, 0.3) is 0 Å². The van der Waals surface area contributed by atoms with Crippen LogP contribution in [0.3, 0.4) is 0 Å². The number of esters is 1. The Kier molecular flexibility index (Phi) is 6.62. The number of thiocarbonyl (C=S) groups is 1. The summed E-state index contributed by atoms with van der Waals surface area (Å²) in [5, 5.41) is 11.3. The molecule has 0 aliphatic rings. The van der Waals surface area contributed by atoms with Crippen LogP contribution in [-0.2, 0) is 11.3 Å². The summed E-state index contributed by atoms with van der Waals surface area (Å²) in [5.74, 6) is 0.115. The second-order valence-electron chi connectivity index (χ2n) is 5.89. The lowest BCUT2D eigenvalue weighted by Crippen LogP contribution is -2.20. The van der Waals surface area contributed by atoms with E-state index in [0.717, 1.165) is 11.3 Å². The fourth-order valence-electron chi connectivity index (χ4n) is 2.51. The van der Waals surface area contributed by atoms with Gasteiger partial charge in [-0.1, -0.05) is 41.9 Å². The Balaban J connectivity index is 1.59. The minimum absolute atomic E-state index is 0.338. The van der Waals surface area contributed by atoms with E-state index in [9.17, 15) is 4.79 Å². The molecule has 1 aromatic heterocycles. The molecule has 0 unspecified atom stereocenters. The molecule has 0 amide bonds. The Morgan fingerprint density at radius 3 is 2.54 bits per heavy atom. The fourth-order valence-corrected chi connectivity index (χ4v) is 2.92. The zero-order chi connectivity index (χ0) is 19.9. The lowest BCUT2D eigenvalue weighted by Gasteiger charge is -2.09. The van der Waals surface area contributed by atoms with Crippen LogP contribution in [-0.4, -0.2) is 27.5 Å². The van der Waals surface area contributed by atoms with Gasteiger partial charge in [0.05, 0.1) is 18.7 Å². The maximum absolute atomic E-state index is 11.7. The number of nitrogens with zero attached hydrogens (tertiary/aromatic N) is 2. The summed E-state index contributed by atoms with van der Waals surface area (Å²) in [4.78, 5) is 11.7. The highest BCUT2D eigenvalue weighted by molar-refractivity contribution is 7.80. The molecule has 0 aliphatic carbocycles. The number of rotatable bonds is 6. The molecule has 0 aliphatic heterocycles. The van der Waals surface area contributed by atoms with E-state index in [1.54, 1.807) is 42.1 Å². The normalized spacial score (nSPS) is 10.4. The molecule has 8 heteroatoms. The highest BCUT2D eigenvalue weighted by atomic mass is 35.5. The first-order valence-corrected chi connectivity index (χ1v) is 9.46. The molecule has 0 bridgehead atoms. The number of benzene rings is 2. The SMILES string of the molecule is CCOC(=O)c1ccc(NC(=S)Nc2nn(Cc3ccccc3)cc2Cl)cc1. The van der Waals surface area contributed by atoms with E-state index in [0.29, 0.717) is 34.7 Å². The summed E-state index contributed by atoms with van der Waals surface area (Å²) < 4.78 is 6.71. The first kappa shape index (κ1) is 19.9. The third-order valence-corrected chi connectivity index (χ3v) is 4.27. The molecule has 0 atom stereocenters. The van der Waals surface area contributed by atoms with Gasteiger partial charge in [-0.25, -0.2) is 4.79 Å². The summed E-state index contributed by atoms with van der Waals surface area (Å²) in [6.07, 6.45) is 1.74. The van der Waals surface area contributed by atoms with Gasteiger partial charge in [-0.3, -0.25) is 4.68 Å². The van der Waals surface area contributed by atoms with E-state index in [-0.39, 0.29) is 5.97 Å². The number of carbonyl (C=O) groups excluding carboxylic acids is 1. The van der Waals surface area contributed by atoms with Gasteiger partial charge in [-0.05, 0) is 49.0 Å². The lowest BCUT2D eigenvalue weighted by molar-refractivity contribution is 0.0526. The highest BCUT2D eigenvalue weighted by Gasteiger charge is 2.10. The van der Waals surface area contributed by atoms with Crippen molar-refractivity contribution in [2.24, 2.45) is 0 Å². The quantitative estimate of drug-likeness (QED) is 0.455. The molecule has 2 aromatic carbocycles. The molecule has 0 spiro atoms. The summed E-state index contributed by atoms with van der Waals surface area (Å²) in [5.41, 5.74) is 2.33. The molecule has 0 radical (unpaired) electrons. The molecule has 144 valence electrons. The minimum atomic E-state index is -0.356. The number of ether oxygens (including phenoxy) is 1. The fraction of sp³-hybridized carbons (Fsp3) is 0.150. The van der Waals surface area contributed by atoms with E-state index in [2.05, 4.69) is 15.7 Å². The minimum Gasteiger partial charge on any atom is -0.462 e. The zero-order valence-corrected chi connectivity index (χ0v) is 16.8. The largest absolute Gasteiger partial charge is 0.462 e. The van der Waals surface area contributed by atoms with Gasteiger partial charge in [0.2, 0.25) is 0 Å². The van der Waals surface area contributed by atoms with Crippen molar-refractivity contribution in [1.29, 1.82) is 0 Å². The van der Waals surface area contributed by atoms with Gasteiger partial charge in [0, 0.05) is 11.9 Å². The van der Waals surface area contributed by atoms with E-state index in [4.69, 9.17) is 28.6 Å². The molecule has 0 saturated heterocycles. The van der Waals surface area contributed by atoms with Gasteiger partial charge in [-0.15, -0.1) is 0 Å². The van der Waals surface area contributed by atoms with Crippen molar-refractivity contribution < 1.29 is 9.53 Å². The average Bonchev–Trinajstić information content (AvgIpc) is 3.02. The molecule has 1 heterocycles. The van der Waals surface area contributed by atoms with Crippen molar-refractivity contribution in [3.63, 3.8) is 0 Å². The molecule has 0 saturated carbocycles.